The molecule has 3 rings (SSSR count). The fourth-order valence-corrected chi connectivity index (χ4v) is 4.58. The number of ether oxygens (including phenoxy) is 1. The molecular formula is C22H25N3O3S2. The average molecular weight is 444 g/mol. The number of fused-ring (bicyclic) bond motifs is 1. The van der Waals surface area contributed by atoms with Crippen molar-refractivity contribution in [3.05, 3.63) is 42.5 Å². The largest absolute Gasteiger partial charge is 0.497 e. The summed E-state index contributed by atoms with van der Waals surface area (Å²) in [4.78, 5) is 30.0. The molecule has 0 radical (unpaired) electrons. The van der Waals surface area contributed by atoms with Crippen LogP contribution in [0, 0.1) is 0 Å². The Labute approximate surface area is 184 Å². The van der Waals surface area contributed by atoms with Crippen molar-refractivity contribution in [1.82, 2.24) is 4.98 Å². The predicted molar refractivity (Wildman–Crippen MR) is 125 cm³/mol. The van der Waals surface area contributed by atoms with Crippen LogP contribution in [0.25, 0.3) is 10.2 Å². The maximum Gasteiger partial charge on any atom is 0.239 e. The third kappa shape index (κ3) is 5.96. The number of thioether (sulfide) groups is 1. The van der Waals surface area contributed by atoms with Gasteiger partial charge < -0.3 is 15.4 Å². The van der Waals surface area contributed by atoms with Gasteiger partial charge in [0.25, 0.3) is 0 Å². The molecule has 0 fully saturated rings. The zero-order valence-electron chi connectivity index (χ0n) is 17.2. The molecule has 0 saturated heterocycles. The zero-order valence-corrected chi connectivity index (χ0v) is 18.9. The Kier molecular flexibility index (Phi) is 7.70. The van der Waals surface area contributed by atoms with Gasteiger partial charge in [-0.3, -0.25) is 9.59 Å². The Morgan fingerprint density at radius 2 is 2.03 bits per heavy atom. The van der Waals surface area contributed by atoms with E-state index in [1.807, 2.05) is 49.4 Å². The molecule has 0 aliphatic heterocycles. The van der Waals surface area contributed by atoms with E-state index in [9.17, 15) is 9.59 Å². The smallest absolute Gasteiger partial charge is 0.239 e. The number of hydrogen-bond donors (Lipinski definition) is 2. The fourth-order valence-electron chi connectivity index (χ4n) is 2.76. The van der Waals surface area contributed by atoms with E-state index in [-0.39, 0.29) is 17.1 Å². The highest BCUT2D eigenvalue weighted by Gasteiger charge is 2.17. The second kappa shape index (κ2) is 10.4. The lowest BCUT2D eigenvalue weighted by atomic mass is 10.2. The summed E-state index contributed by atoms with van der Waals surface area (Å²) in [5, 5.41) is 6.05. The van der Waals surface area contributed by atoms with Crippen molar-refractivity contribution in [2.45, 2.75) is 43.3 Å². The molecule has 6 nitrogen and oxygen atoms in total. The molecule has 2 amide bonds. The van der Waals surface area contributed by atoms with Crippen LogP contribution in [0.4, 0.5) is 10.8 Å². The van der Waals surface area contributed by atoms with Gasteiger partial charge in [-0.25, -0.2) is 4.98 Å². The minimum Gasteiger partial charge on any atom is -0.497 e. The summed E-state index contributed by atoms with van der Waals surface area (Å²) in [6.07, 6.45) is 2.37. The number of hydrogen-bond acceptors (Lipinski definition) is 6. The zero-order chi connectivity index (χ0) is 21.5. The quantitative estimate of drug-likeness (QED) is 0.424. The lowest BCUT2D eigenvalue weighted by Crippen LogP contribution is -2.22. The maximum atomic E-state index is 12.6. The molecule has 1 atom stereocenters. The summed E-state index contributed by atoms with van der Waals surface area (Å²) in [7, 11) is 1.62. The Balaban J connectivity index is 1.60. The number of carbonyl (C=O) groups is 2. The number of nitrogens with zero attached hydrogens (tertiary/aromatic N) is 1. The Hall–Kier alpha value is -2.58. The van der Waals surface area contributed by atoms with Gasteiger partial charge in [0.05, 0.1) is 22.6 Å². The van der Waals surface area contributed by atoms with Crippen LogP contribution in [-0.2, 0) is 9.59 Å². The van der Waals surface area contributed by atoms with E-state index in [1.165, 1.54) is 23.1 Å². The summed E-state index contributed by atoms with van der Waals surface area (Å²) >= 11 is 2.85. The minimum atomic E-state index is -0.322. The normalized spacial score (nSPS) is 11.8. The van der Waals surface area contributed by atoms with Crippen LogP contribution in [0.1, 0.15) is 33.1 Å². The third-order valence-corrected chi connectivity index (χ3v) is 6.41. The lowest BCUT2D eigenvalue weighted by Gasteiger charge is -2.12. The number of methoxy groups -OCH3 is 1. The molecular weight excluding hydrogens is 418 g/mol. The topological polar surface area (TPSA) is 80.3 Å². The van der Waals surface area contributed by atoms with E-state index in [0.717, 1.165) is 39.4 Å². The summed E-state index contributed by atoms with van der Waals surface area (Å²) < 4.78 is 6.19. The van der Waals surface area contributed by atoms with Crippen LogP contribution >= 0.6 is 23.1 Å². The Morgan fingerprint density at radius 3 is 2.80 bits per heavy atom. The van der Waals surface area contributed by atoms with Gasteiger partial charge in [-0.15, -0.1) is 11.8 Å². The van der Waals surface area contributed by atoms with Crippen LogP contribution in [0.2, 0.25) is 0 Å². The molecule has 1 unspecified atom stereocenters. The van der Waals surface area contributed by atoms with E-state index in [4.69, 9.17) is 4.74 Å². The molecule has 0 aliphatic carbocycles. The van der Waals surface area contributed by atoms with Gasteiger partial charge in [-0.05, 0) is 49.7 Å². The monoisotopic (exact) mass is 443 g/mol. The lowest BCUT2D eigenvalue weighted by molar-refractivity contribution is -0.116. The first-order valence-corrected chi connectivity index (χ1v) is 11.5. The molecule has 0 saturated carbocycles. The van der Waals surface area contributed by atoms with Gasteiger partial charge in [0, 0.05) is 17.0 Å². The van der Waals surface area contributed by atoms with Crippen LogP contribution < -0.4 is 15.4 Å². The second-order valence-electron chi connectivity index (χ2n) is 6.78. The highest BCUT2D eigenvalue weighted by atomic mass is 32.2. The van der Waals surface area contributed by atoms with Crippen molar-refractivity contribution >= 4 is 55.9 Å². The van der Waals surface area contributed by atoms with Crippen LogP contribution in [0.5, 0.6) is 5.75 Å². The van der Waals surface area contributed by atoms with Gasteiger partial charge in [-0.2, -0.15) is 0 Å². The van der Waals surface area contributed by atoms with Gasteiger partial charge in [0.15, 0.2) is 5.13 Å². The van der Waals surface area contributed by atoms with Crippen LogP contribution in [-0.4, -0.2) is 29.2 Å². The number of carbonyl (C=O) groups excluding carboxylic acids is 2. The van der Waals surface area contributed by atoms with Crippen molar-refractivity contribution in [2.24, 2.45) is 0 Å². The molecule has 0 bridgehead atoms. The number of amides is 2. The fraction of sp³-hybridized carbons (Fsp3) is 0.318. The minimum absolute atomic E-state index is 0.0113. The van der Waals surface area contributed by atoms with Crippen molar-refractivity contribution in [1.29, 1.82) is 0 Å². The third-order valence-electron chi connectivity index (χ3n) is 4.38. The number of rotatable bonds is 9. The molecule has 8 heteroatoms. The summed E-state index contributed by atoms with van der Waals surface area (Å²) in [6, 6.07) is 13.2. The highest BCUT2D eigenvalue weighted by Crippen LogP contribution is 2.31. The van der Waals surface area contributed by atoms with Crippen molar-refractivity contribution in [3.63, 3.8) is 0 Å². The first kappa shape index (κ1) is 22.1. The first-order chi connectivity index (χ1) is 14.5. The number of benzene rings is 2. The Bertz CT molecular complexity index is 1040. The standard InChI is InChI=1S/C22H25N3O3S2/c1-4-5-9-20(26)23-15-7-6-8-17(12-15)29-14(2)21(27)25-22-24-18-11-10-16(28-3)13-19(18)30-22/h6-8,10-14H,4-5,9H2,1-3H3,(H,23,26)(H,24,25,27). The number of thiazole rings is 1. The van der Waals surface area contributed by atoms with Crippen molar-refractivity contribution in [3.8, 4) is 5.75 Å². The first-order valence-electron chi connectivity index (χ1n) is 9.80. The number of nitrogens with one attached hydrogen (secondary N) is 2. The molecule has 0 aliphatic rings. The summed E-state index contributed by atoms with van der Waals surface area (Å²) in [5.41, 5.74) is 1.57. The summed E-state index contributed by atoms with van der Waals surface area (Å²) in [6.45, 7) is 3.91. The number of anilines is 2. The number of unbranched alkanes of at least 4 members (excludes halogenated alkanes) is 1. The van der Waals surface area contributed by atoms with E-state index in [1.54, 1.807) is 7.11 Å². The van der Waals surface area contributed by atoms with Crippen molar-refractivity contribution < 1.29 is 14.3 Å². The van der Waals surface area contributed by atoms with Gasteiger partial charge >= 0.3 is 0 Å². The van der Waals surface area contributed by atoms with Gasteiger partial charge in [-0.1, -0.05) is 30.7 Å². The predicted octanol–water partition coefficient (Wildman–Crippen LogP) is 5.55. The number of aromatic nitrogens is 1. The van der Waals surface area contributed by atoms with E-state index < -0.39 is 0 Å². The summed E-state index contributed by atoms with van der Waals surface area (Å²) in [5.74, 6) is 0.648. The molecule has 2 aromatic carbocycles. The Morgan fingerprint density at radius 1 is 1.20 bits per heavy atom. The molecule has 158 valence electrons. The van der Waals surface area contributed by atoms with Crippen molar-refractivity contribution in [2.75, 3.05) is 17.7 Å². The van der Waals surface area contributed by atoms with Gasteiger partial charge in [0.2, 0.25) is 11.8 Å². The second-order valence-corrected chi connectivity index (χ2v) is 9.23. The van der Waals surface area contributed by atoms with Crippen LogP contribution in [0.3, 0.4) is 0 Å². The average Bonchev–Trinajstić information content (AvgIpc) is 3.13. The van der Waals surface area contributed by atoms with E-state index in [0.29, 0.717) is 11.6 Å². The molecule has 1 heterocycles. The molecule has 0 spiro atoms. The molecule has 2 N–H and O–H groups in total. The van der Waals surface area contributed by atoms with Gasteiger partial charge in [0.1, 0.15) is 5.75 Å². The maximum absolute atomic E-state index is 12.6. The van der Waals surface area contributed by atoms with E-state index >= 15 is 0 Å². The molecule has 1 aromatic heterocycles. The van der Waals surface area contributed by atoms with Crippen LogP contribution in [0.15, 0.2) is 47.4 Å². The molecule has 30 heavy (non-hydrogen) atoms. The highest BCUT2D eigenvalue weighted by molar-refractivity contribution is 8.00. The van der Waals surface area contributed by atoms with E-state index in [2.05, 4.69) is 22.5 Å². The SMILES string of the molecule is CCCCC(=O)Nc1cccc(SC(C)C(=O)Nc2nc3ccc(OC)cc3s2)c1. The molecule has 3 aromatic rings.